The molecule has 0 radical (unpaired) electrons. The number of aromatic amines is 1. The van der Waals surface area contributed by atoms with E-state index < -0.39 is 23.9 Å². The maximum Gasteiger partial charge on any atom is 0.272 e. The van der Waals surface area contributed by atoms with Crippen LogP contribution in [0.25, 0.3) is 10.9 Å². The van der Waals surface area contributed by atoms with E-state index in [9.17, 15) is 14.3 Å². The number of benzene rings is 3. The first-order valence-corrected chi connectivity index (χ1v) is 14.1. The number of fused-ring (bicyclic) bond motifs is 2. The number of hydrogen-bond donors (Lipinski definition) is 4. The Hall–Kier alpha value is -3.75. The molecule has 1 aliphatic heterocycles. The monoisotopic (exact) mass is 542 g/mol. The fourth-order valence-electron chi connectivity index (χ4n) is 5.96. The molecule has 8 heteroatoms. The minimum absolute atomic E-state index is 0.0449. The van der Waals surface area contributed by atoms with Crippen molar-refractivity contribution in [3.63, 3.8) is 0 Å². The number of nitrogens with zero attached hydrogens (tertiary/aromatic N) is 1. The Kier molecular flexibility index (Phi) is 7.29. The zero-order valence-electron chi connectivity index (χ0n) is 22.6. The highest BCUT2D eigenvalue weighted by molar-refractivity contribution is 6.04. The molecule has 208 valence electrons. The van der Waals surface area contributed by atoms with Crippen LogP contribution in [0.1, 0.15) is 65.8 Å². The molecule has 6 rings (SSSR count). The summed E-state index contributed by atoms with van der Waals surface area (Å²) in [7, 11) is 0. The molecule has 1 fully saturated rings. The largest absolute Gasteiger partial charge is 0.487 e. The summed E-state index contributed by atoms with van der Waals surface area (Å²) >= 11 is 0. The summed E-state index contributed by atoms with van der Waals surface area (Å²) < 4.78 is 20.1. The number of halogens is 1. The van der Waals surface area contributed by atoms with Crippen molar-refractivity contribution in [2.45, 2.75) is 69.2 Å². The summed E-state index contributed by atoms with van der Waals surface area (Å²) in [6, 6.07) is 19.8. The summed E-state index contributed by atoms with van der Waals surface area (Å²) in [5.74, 6) is 0.0948. The Bertz CT molecular complexity index is 1500. The lowest BCUT2D eigenvalue weighted by molar-refractivity contribution is -0.0382. The van der Waals surface area contributed by atoms with Crippen molar-refractivity contribution >= 4 is 16.8 Å². The summed E-state index contributed by atoms with van der Waals surface area (Å²) in [6.07, 6.45) is 4.61. The van der Waals surface area contributed by atoms with E-state index in [1.807, 2.05) is 30.3 Å². The molecule has 0 unspecified atom stereocenters. The van der Waals surface area contributed by atoms with Crippen LogP contribution >= 0.6 is 0 Å². The molecule has 1 aliphatic carbocycles. The van der Waals surface area contributed by atoms with Crippen LogP contribution in [-0.4, -0.2) is 45.5 Å². The third kappa shape index (κ3) is 5.33. The van der Waals surface area contributed by atoms with Crippen LogP contribution < -0.4 is 15.4 Å². The first-order chi connectivity index (χ1) is 19.4. The summed E-state index contributed by atoms with van der Waals surface area (Å²) in [6.45, 7) is 2.43. The summed E-state index contributed by atoms with van der Waals surface area (Å²) in [4.78, 5) is 13.3. The lowest BCUT2D eigenvalue weighted by Crippen LogP contribution is -2.52. The van der Waals surface area contributed by atoms with E-state index >= 15 is 0 Å². The molecule has 40 heavy (non-hydrogen) atoms. The van der Waals surface area contributed by atoms with Crippen molar-refractivity contribution in [3.05, 3.63) is 94.9 Å². The third-order valence-corrected chi connectivity index (χ3v) is 8.42. The lowest BCUT2D eigenvalue weighted by Gasteiger charge is -2.48. The number of carbonyl (C=O) groups excluding carboxylic acids is 1. The van der Waals surface area contributed by atoms with E-state index in [0.29, 0.717) is 23.9 Å². The van der Waals surface area contributed by atoms with Gasteiger partial charge in [-0.15, -0.1) is 0 Å². The minimum Gasteiger partial charge on any atom is -0.487 e. The predicted molar refractivity (Wildman–Crippen MR) is 152 cm³/mol. The number of carbonyl (C=O) groups is 1. The standard InChI is InChI=1S/C32H35FN4O3/c1-2-20-9-12-29-24(15-20)27(18-32(40-29)13-6-14-32)34-19-28(38)26(16-21-7-4-3-5-8-21)35-31(39)30-23-11-10-22(33)17-25(23)36-37-30/h3-5,7-12,15,17,26-28,34,38H,2,6,13-14,16,18-19H2,1H3,(H,35,39)(H,36,37)/t26-,27-,28-/m0/s1. The average Bonchev–Trinajstić information content (AvgIpc) is 3.37. The Labute approximate surface area is 233 Å². The molecule has 1 saturated carbocycles. The van der Waals surface area contributed by atoms with Gasteiger partial charge in [-0.3, -0.25) is 9.89 Å². The molecule has 1 amide bonds. The van der Waals surface area contributed by atoms with Crippen molar-refractivity contribution < 1.29 is 19.0 Å². The van der Waals surface area contributed by atoms with Gasteiger partial charge in [0.2, 0.25) is 0 Å². The zero-order chi connectivity index (χ0) is 27.7. The molecular formula is C32H35FN4O3. The van der Waals surface area contributed by atoms with E-state index in [1.54, 1.807) is 0 Å². The number of amides is 1. The molecule has 0 bridgehead atoms. The van der Waals surface area contributed by atoms with Crippen molar-refractivity contribution in [2.75, 3.05) is 6.54 Å². The quantitative estimate of drug-likeness (QED) is 0.239. The maximum atomic E-state index is 13.7. The van der Waals surface area contributed by atoms with E-state index in [1.165, 1.54) is 23.8 Å². The topological polar surface area (TPSA) is 99.3 Å². The van der Waals surface area contributed by atoms with Crippen LogP contribution in [0.4, 0.5) is 4.39 Å². The van der Waals surface area contributed by atoms with Gasteiger partial charge in [-0.2, -0.15) is 5.10 Å². The van der Waals surface area contributed by atoms with Gasteiger partial charge in [0.05, 0.1) is 17.7 Å². The van der Waals surface area contributed by atoms with E-state index in [0.717, 1.165) is 49.0 Å². The number of hydrogen-bond acceptors (Lipinski definition) is 5. The lowest BCUT2D eigenvalue weighted by atomic mass is 9.72. The predicted octanol–water partition coefficient (Wildman–Crippen LogP) is 5.00. The van der Waals surface area contributed by atoms with E-state index in [4.69, 9.17) is 4.74 Å². The number of aliphatic hydroxyl groups is 1. The van der Waals surface area contributed by atoms with E-state index in [-0.39, 0.29) is 17.3 Å². The van der Waals surface area contributed by atoms with Crippen LogP contribution in [0.15, 0.2) is 66.7 Å². The van der Waals surface area contributed by atoms with Gasteiger partial charge >= 0.3 is 0 Å². The second-order valence-corrected chi connectivity index (χ2v) is 11.1. The Morgan fingerprint density at radius 2 is 1.98 bits per heavy atom. The molecule has 4 aromatic rings. The Morgan fingerprint density at radius 1 is 1.15 bits per heavy atom. The molecule has 2 heterocycles. The highest BCUT2D eigenvalue weighted by Crippen LogP contribution is 2.49. The fraction of sp³-hybridized carbons (Fsp3) is 0.375. The molecule has 3 atom stereocenters. The van der Waals surface area contributed by atoms with Crippen LogP contribution in [0.3, 0.4) is 0 Å². The van der Waals surface area contributed by atoms with Crippen molar-refractivity contribution in [2.24, 2.45) is 0 Å². The van der Waals surface area contributed by atoms with Crippen molar-refractivity contribution in [3.8, 4) is 5.75 Å². The van der Waals surface area contributed by atoms with Crippen LogP contribution in [0, 0.1) is 5.82 Å². The third-order valence-electron chi connectivity index (χ3n) is 8.42. The maximum absolute atomic E-state index is 13.7. The molecule has 0 saturated heterocycles. The SMILES string of the molecule is CCc1ccc2c(c1)[C@@H](NC[C@H](O)[C@H](Cc1ccccc1)NC(=O)c1n[nH]c3cc(F)ccc13)CC1(CCC1)O2. The summed E-state index contributed by atoms with van der Waals surface area (Å²) in [5.41, 5.74) is 3.86. The normalized spacial score (nSPS) is 18.9. The zero-order valence-corrected chi connectivity index (χ0v) is 22.6. The van der Waals surface area contributed by atoms with Gasteiger partial charge in [0, 0.05) is 30.0 Å². The number of aliphatic hydroxyl groups excluding tert-OH is 1. The highest BCUT2D eigenvalue weighted by atomic mass is 19.1. The van der Waals surface area contributed by atoms with Crippen LogP contribution in [0.5, 0.6) is 5.75 Å². The van der Waals surface area contributed by atoms with Gasteiger partial charge in [0.25, 0.3) is 5.91 Å². The smallest absolute Gasteiger partial charge is 0.272 e. The van der Waals surface area contributed by atoms with Gasteiger partial charge in [0.15, 0.2) is 5.69 Å². The number of ether oxygens (including phenoxy) is 1. The summed E-state index contributed by atoms with van der Waals surface area (Å²) in [5, 5.41) is 25.5. The molecule has 1 spiro atoms. The second kappa shape index (κ2) is 11.0. The average molecular weight is 543 g/mol. The van der Waals surface area contributed by atoms with Gasteiger partial charge < -0.3 is 20.5 Å². The Morgan fingerprint density at radius 3 is 2.73 bits per heavy atom. The first-order valence-electron chi connectivity index (χ1n) is 14.1. The van der Waals surface area contributed by atoms with Gasteiger partial charge in [0.1, 0.15) is 17.2 Å². The number of H-pyrrole nitrogens is 1. The number of nitrogens with one attached hydrogen (secondary N) is 3. The van der Waals surface area contributed by atoms with Gasteiger partial charge in [-0.05, 0) is 67.5 Å². The van der Waals surface area contributed by atoms with Crippen LogP contribution in [0.2, 0.25) is 0 Å². The number of rotatable bonds is 9. The molecule has 1 aromatic heterocycles. The van der Waals surface area contributed by atoms with E-state index in [2.05, 4.69) is 46.0 Å². The van der Waals surface area contributed by atoms with Gasteiger partial charge in [-0.25, -0.2) is 4.39 Å². The molecule has 4 N–H and O–H groups in total. The molecule has 2 aliphatic rings. The van der Waals surface area contributed by atoms with Gasteiger partial charge in [-0.1, -0.05) is 49.4 Å². The Balaban J connectivity index is 1.21. The minimum atomic E-state index is -0.871. The molecule has 7 nitrogen and oxygen atoms in total. The molecular weight excluding hydrogens is 507 g/mol. The number of aromatic nitrogens is 2. The second-order valence-electron chi connectivity index (χ2n) is 11.1. The molecule has 3 aromatic carbocycles. The van der Waals surface area contributed by atoms with Crippen molar-refractivity contribution in [1.82, 2.24) is 20.8 Å². The van der Waals surface area contributed by atoms with Crippen molar-refractivity contribution in [1.29, 1.82) is 0 Å². The first kappa shape index (κ1) is 26.5. The highest BCUT2D eigenvalue weighted by Gasteiger charge is 2.45. The fourth-order valence-corrected chi connectivity index (χ4v) is 5.96. The number of aryl methyl sites for hydroxylation is 1. The van der Waals surface area contributed by atoms with Crippen LogP contribution in [-0.2, 0) is 12.8 Å².